The molecule has 26 heavy (non-hydrogen) atoms. The summed E-state index contributed by atoms with van der Waals surface area (Å²) in [5.41, 5.74) is 3.05. The summed E-state index contributed by atoms with van der Waals surface area (Å²) in [7, 11) is 1.66. The summed E-state index contributed by atoms with van der Waals surface area (Å²) < 4.78 is 0.986. The highest BCUT2D eigenvalue weighted by Crippen LogP contribution is 2.30. The normalized spacial score (nSPS) is 17.6. The number of carbonyl (C=O) groups is 2. The molecule has 0 radical (unpaired) electrons. The number of hydrogen-bond donors (Lipinski definition) is 1. The van der Waals surface area contributed by atoms with Crippen LogP contribution in [0.15, 0.2) is 76.4 Å². The molecule has 4 nitrogen and oxygen atoms in total. The summed E-state index contributed by atoms with van der Waals surface area (Å²) in [6, 6.07) is 16.6. The van der Waals surface area contributed by atoms with Gasteiger partial charge in [-0.3, -0.25) is 4.79 Å². The van der Waals surface area contributed by atoms with Gasteiger partial charge >= 0.3 is 6.03 Å². The van der Waals surface area contributed by atoms with Crippen molar-refractivity contribution in [3.8, 4) is 0 Å². The number of amides is 2. The zero-order valence-electron chi connectivity index (χ0n) is 14.6. The number of nitrogens with zero attached hydrogens (tertiary/aromatic N) is 1. The van der Waals surface area contributed by atoms with E-state index < -0.39 is 6.04 Å². The second-order valence-electron chi connectivity index (χ2n) is 6.10. The average molecular weight is 411 g/mol. The molecule has 1 N–H and O–H groups in total. The van der Waals surface area contributed by atoms with Crippen LogP contribution in [-0.2, 0) is 4.79 Å². The van der Waals surface area contributed by atoms with Crippen molar-refractivity contribution in [1.82, 2.24) is 10.2 Å². The van der Waals surface area contributed by atoms with E-state index >= 15 is 0 Å². The monoisotopic (exact) mass is 410 g/mol. The second-order valence-corrected chi connectivity index (χ2v) is 7.02. The van der Waals surface area contributed by atoms with Crippen molar-refractivity contribution in [2.24, 2.45) is 0 Å². The first-order valence-electron chi connectivity index (χ1n) is 8.25. The van der Waals surface area contributed by atoms with E-state index in [1.54, 1.807) is 26.1 Å². The van der Waals surface area contributed by atoms with Crippen LogP contribution in [0.25, 0.3) is 6.08 Å². The van der Waals surface area contributed by atoms with Crippen LogP contribution in [0.2, 0.25) is 0 Å². The molecule has 0 fully saturated rings. The molecule has 2 amide bonds. The molecule has 3 rings (SSSR count). The summed E-state index contributed by atoms with van der Waals surface area (Å²) in [6.45, 7) is 1.80. The van der Waals surface area contributed by atoms with E-state index in [9.17, 15) is 9.59 Å². The molecule has 0 aliphatic carbocycles. The van der Waals surface area contributed by atoms with Crippen molar-refractivity contribution in [2.45, 2.75) is 13.0 Å². The Morgan fingerprint density at radius 2 is 1.77 bits per heavy atom. The largest absolute Gasteiger partial charge is 0.327 e. The van der Waals surface area contributed by atoms with E-state index in [1.165, 1.54) is 4.90 Å². The lowest BCUT2D eigenvalue weighted by atomic mass is 9.91. The van der Waals surface area contributed by atoms with Crippen molar-refractivity contribution in [2.75, 3.05) is 7.05 Å². The third-order valence-corrected chi connectivity index (χ3v) is 4.98. The lowest BCUT2D eigenvalue weighted by Gasteiger charge is -2.33. The van der Waals surface area contributed by atoms with E-state index in [1.807, 2.05) is 54.6 Å². The number of benzene rings is 2. The predicted molar refractivity (Wildman–Crippen MR) is 106 cm³/mol. The van der Waals surface area contributed by atoms with Crippen molar-refractivity contribution in [3.63, 3.8) is 0 Å². The second kappa shape index (κ2) is 7.70. The Morgan fingerprint density at radius 1 is 1.12 bits per heavy atom. The Morgan fingerprint density at radius 3 is 2.42 bits per heavy atom. The number of nitrogens with one attached hydrogen (secondary N) is 1. The van der Waals surface area contributed by atoms with Crippen LogP contribution in [0.4, 0.5) is 4.79 Å². The van der Waals surface area contributed by atoms with E-state index in [2.05, 4.69) is 21.2 Å². The van der Waals surface area contributed by atoms with Gasteiger partial charge in [-0.25, -0.2) is 4.79 Å². The lowest BCUT2D eigenvalue weighted by molar-refractivity contribution is -0.111. The van der Waals surface area contributed by atoms with Gasteiger partial charge in [0.2, 0.25) is 0 Å². The summed E-state index contributed by atoms with van der Waals surface area (Å²) in [4.78, 5) is 26.6. The maximum Gasteiger partial charge on any atom is 0.322 e. The molecule has 0 saturated carbocycles. The Labute approximate surface area is 161 Å². The van der Waals surface area contributed by atoms with Crippen LogP contribution in [0.3, 0.4) is 0 Å². The number of ketones is 1. The Bertz CT molecular complexity index is 886. The van der Waals surface area contributed by atoms with Crippen LogP contribution in [0, 0.1) is 0 Å². The molecule has 0 spiro atoms. The van der Waals surface area contributed by atoms with Gasteiger partial charge in [-0.15, -0.1) is 0 Å². The molecule has 0 aromatic heterocycles. The minimum Gasteiger partial charge on any atom is -0.327 e. The molecule has 132 valence electrons. The van der Waals surface area contributed by atoms with Crippen molar-refractivity contribution in [1.29, 1.82) is 0 Å². The third kappa shape index (κ3) is 3.78. The van der Waals surface area contributed by atoms with E-state index in [4.69, 9.17) is 0 Å². The van der Waals surface area contributed by atoms with Gasteiger partial charge in [0.05, 0.1) is 6.04 Å². The molecule has 1 heterocycles. The number of allylic oxidation sites excluding steroid dienone is 2. The van der Waals surface area contributed by atoms with Gasteiger partial charge < -0.3 is 10.2 Å². The maximum absolute atomic E-state index is 13.0. The Balaban J connectivity index is 1.96. The molecule has 1 aliphatic heterocycles. The first kappa shape index (κ1) is 18.1. The highest BCUT2D eigenvalue weighted by molar-refractivity contribution is 9.10. The fraction of sp³-hybridized carbons (Fsp3) is 0.143. The molecule has 2 aromatic carbocycles. The zero-order chi connectivity index (χ0) is 18.7. The lowest BCUT2D eigenvalue weighted by Crippen LogP contribution is -2.45. The third-order valence-electron chi connectivity index (χ3n) is 4.45. The molecule has 0 unspecified atom stereocenters. The summed E-state index contributed by atoms with van der Waals surface area (Å²) in [5, 5.41) is 2.92. The Kier molecular flexibility index (Phi) is 5.38. The molecule has 5 heteroatoms. The van der Waals surface area contributed by atoms with E-state index in [0.717, 1.165) is 15.6 Å². The summed E-state index contributed by atoms with van der Waals surface area (Å²) >= 11 is 3.40. The van der Waals surface area contributed by atoms with Gasteiger partial charge in [-0.2, -0.15) is 0 Å². The van der Waals surface area contributed by atoms with Crippen LogP contribution < -0.4 is 5.32 Å². The molecule has 2 aromatic rings. The topological polar surface area (TPSA) is 49.4 Å². The van der Waals surface area contributed by atoms with Gasteiger partial charge in [-0.05, 0) is 36.3 Å². The van der Waals surface area contributed by atoms with Crippen molar-refractivity contribution in [3.05, 3.63) is 87.5 Å². The number of hydrogen-bond acceptors (Lipinski definition) is 2. The molecular weight excluding hydrogens is 392 g/mol. The number of carbonyl (C=O) groups excluding carboxylic acids is 2. The molecule has 0 bridgehead atoms. The quantitative estimate of drug-likeness (QED) is 0.742. The van der Waals surface area contributed by atoms with Crippen molar-refractivity contribution >= 4 is 33.8 Å². The molecule has 1 atom stereocenters. The van der Waals surface area contributed by atoms with Gasteiger partial charge in [0.1, 0.15) is 0 Å². The van der Waals surface area contributed by atoms with Gasteiger partial charge in [0.25, 0.3) is 0 Å². The zero-order valence-corrected chi connectivity index (χ0v) is 16.2. The fourth-order valence-corrected chi connectivity index (χ4v) is 3.15. The van der Waals surface area contributed by atoms with Crippen LogP contribution in [0.5, 0.6) is 0 Å². The SMILES string of the molecule is CC1=C(C(=O)/C=C/c2ccc(Br)cc2)[C@H](c2ccccc2)NC(=O)N1C. The number of urea groups is 1. The van der Waals surface area contributed by atoms with Crippen LogP contribution in [0.1, 0.15) is 24.1 Å². The molecule has 0 saturated heterocycles. The van der Waals surface area contributed by atoms with E-state index in [0.29, 0.717) is 11.3 Å². The van der Waals surface area contributed by atoms with Crippen LogP contribution in [-0.4, -0.2) is 23.8 Å². The smallest absolute Gasteiger partial charge is 0.322 e. The van der Waals surface area contributed by atoms with Gasteiger partial charge in [0, 0.05) is 22.8 Å². The highest BCUT2D eigenvalue weighted by Gasteiger charge is 2.32. The number of rotatable bonds is 4. The average Bonchev–Trinajstić information content (AvgIpc) is 2.66. The van der Waals surface area contributed by atoms with Crippen LogP contribution >= 0.6 is 15.9 Å². The Hall–Kier alpha value is -2.66. The van der Waals surface area contributed by atoms with E-state index in [-0.39, 0.29) is 11.8 Å². The maximum atomic E-state index is 13.0. The summed E-state index contributed by atoms with van der Waals surface area (Å²) in [6.07, 6.45) is 3.34. The first-order valence-corrected chi connectivity index (χ1v) is 9.04. The highest BCUT2D eigenvalue weighted by atomic mass is 79.9. The molecular formula is C21H19BrN2O2. The summed E-state index contributed by atoms with van der Waals surface area (Å²) in [5.74, 6) is -0.119. The van der Waals surface area contributed by atoms with Crippen molar-refractivity contribution < 1.29 is 9.59 Å². The predicted octanol–water partition coefficient (Wildman–Crippen LogP) is 4.70. The first-order chi connectivity index (χ1) is 12.5. The van der Waals surface area contributed by atoms with Gasteiger partial charge in [0.15, 0.2) is 5.78 Å². The minimum atomic E-state index is -0.457. The van der Waals surface area contributed by atoms with Gasteiger partial charge in [-0.1, -0.05) is 64.5 Å². The minimum absolute atomic E-state index is 0.119. The standard InChI is InChI=1S/C21H19BrN2O2/c1-14-19(18(25)13-10-15-8-11-17(22)12-9-15)20(23-21(26)24(14)2)16-6-4-3-5-7-16/h3-13,20H,1-2H3,(H,23,26)/b13-10+/t20-/m0/s1. The number of halogens is 1. The fourth-order valence-electron chi connectivity index (χ4n) is 2.89. The molecule has 1 aliphatic rings.